The normalized spacial score (nSPS) is 21.7. The lowest BCUT2D eigenvalue weighted by atomic mass is 9.74. The first-order valence-electron chi connectivity index (χ1n) is 11.0. The zero-order chi connectivity index (χ0) is 22.8. The number of esters is 1. The van der Waals surface area contributed by atoms with E-state index in [9.17, 15) is 4.79 Å². The lowest BCUT2D eigenvalue weighted by molar-refractivity contribution is -0.148. The van der Waals surface area contributed by atoms with Gasteiger partial charge in [0, 0.05) is 50.5 Å². The standard InChI is InChI=1S/C24H30N4O4/c1-6-31-22-10-17-18-9-16(32-14(2)29)7-8-20(18)27-23(19(17)11-21(22)30-5)15-12-25-24(26-13-15)28(3)4/h10-13,16,18,20H,6-9H2,1-5H3/t16-,18-,20-/m1/s1. The Morgan fingerprint density at radius 1 is 1.16 bits per heavy atom. The minimum Gasteiger partial charge on any atom is -0.493 e. The highest BCUT2D eigenvalue weighted by Crippen LogP contribution is 2.45. The Morgan fingerprint density at radius 2 is 1.91 bits per heavy atom. The molecule has 8 heteroatoms. The Labute approximate surface area is 188 Å². The Kier molecular flexibility index (Phi) is 6.30. The number of nitrogens with zero attached hydrogens (tertiary/aromatic N) is 4. The molecule has 2 heterocycles. The third-order valence-electron chi connectivity index (χ3n) is 6.00. The zero-order valence-electron chi connectivity index (χ0n) is 19.3. The third-order valence-corrected chi connectivity index (χ3v) is 6.00. The summed E-state index contributed by atoms with van der Waals surface area (Å²) in [7, 11) is 5.46. The van der Waals surface area contributed by atoms with Crippen molar-refractivity contribution in [2.45, 2.75) is 51.2 Å². The number of carbonyl (C=O) groups is 1. The fraction of sp³-hybridized carbons (Fsp3) is 0.500. The van der Waals surface area contributed by atoms with E-state index in [2.05, 4.69) is 16.0 Å². The molecule has 2 aromatic rings. The second kappa shape index (κ2) is 9.14. The summed E-state index contributed by atoms with van der Waals surface area (Å²) in [5.74, 6) is 1.92. The van der Waals surface area contributed by atoms with Gasteiger partial charge in [0.25, 0.3) is 0 Å². The number of ether oxygens (including phenoxy) is 3. The van der Waals surface area contributed by atoms with Crippen LogP contribution in [0, 0.1) is 0 Å². The van der Waals surface area contributed by atoms with Crippen molar-refractivity contribution in [1.82, 2.24) is 9.97 Å². The Balaban J connectivity index is 1.80. The van der Waals surface area contributed by atoms with Crippen molar-refractivity contribution < 1.29 is 19.0 Å². The molecule has 8 nitrogen and oxygen atoms in total. The summed E-state index contributed by atoms with van der Waals surface area (Å²) in [6.45, 7) is 3.96. The first-order valence-corrected chi connectivity index (χ1v) is 11.0. The first-order chi connectivity index (χ1) is 15.4. The van der Waals surface area contributed by atoms with E-state index in [1.54, 1.807) is 7.11 Å². The van der Waals surface area contributed by atoms with Gasteiger partial charge in [-0.05, 0) is 43.9 Å². The smallest absolute Gasteiger partial charge is 0.302 e. The summed E-state index contributed by atoms with van der Waals surface area (Å²) in [6, 6.07) is 4.15. The van der Waals surface area contributed by atoms with Crippen LogP contribution in [0.1, 0.15) is 55.7 Å². The monoisotopic (exact) mass is 438 g/mol. The fourth-order valence-corrected chi connectivity index (χ4v) is 4.60. The number of fused-ring (bicyclic) bond motifs is 3. The molecule has 0 spiro atoms. The molecule has 1 aliphatic heterocycles. The molecule has 4 rings (SSSR count). The van der Waals surface area contributed by atoms with Crippen LogP contribution in [0.4, 0.5) is 5.95 Å². The van der Waals surface area contributed by atoms with Gasteiger partial charge in [0.15, 0.2) is 11.5 Å². The van der Waals surface area contributed by atoms with Gasteiger partial charge in [-0.1, -0.05) is 0 Å². The number of anilines is 1. The second-order valence-electron chi connectivity index (χ2n) is 8.39. The van der Waals surface area contributed by atoms with E-state index >= 15 is 0 Å². The van der Waals surface area contributed by atoms with Crippen molar-refractivity contribution >= 4 is 17.6 Å². The molecule has 170 valence electrons. The van der Waals surface area contributed by atoms with E-state index < -0.39 is 0 Å². The molecule has 1 saturated carbocycles. The SMILES string of the molecule is CCOc1cc2c(cc1OC)C(c1cnc(N(C)C)nc1)=N[C@@H]1CC[C@@H](OC(C)=O)C[C@H]21. The molecule has 0 bridgehead atoms. The van der Waals surface area contributed by atoms with Crippen molar-refractivity contribution in [1.29, 1.82) is 0 Å². The summed E-state index contributed by atoms with van der Waals surface area (Å²) in [6.07, 6.45) is 5.92. The van der Waals surface area contributed by atoms with Crippen LogP contribution in [0.2, 0.25) is 0 Å². The fourth-order valence-electron chi connectivity index (χ4n) is 4.60. The quantitative estimate of drug-likeness (QED) is 0.639. The number of methoxy groups -OCH3 is 1. The maximum Gasteiger partial charge on any atom is 0.302 e. The number of hydrogen-bond donors (Lipinski definition) is 0. The number of hydrogen-bond acceptors (Lipinski definition) is 8. The van der Waals surface area contributed by atoms with Gasteiger partial charge >= 0.3 is 5.97 Å². The Hall–Kier alpha value is -3.16. The predicted octanol–water partition coefficient (Wildman–Crippen LogP) is 3.37. The van der Waals surface area contributed by atoms with E-state index in [1.165, 1.54) is 6.92 Å². The van der Waals surface area contributed by atoms with Gasteiger partial charge in [0.2, 0.25) is 5.95 Å². The van der Waals surface area contributed by atoms with Gasteiger partial charge in [-0.15, -0.1) is 0 Å². The number of rotatable bonds is 6. The molecule has 0 amide bonds. The van der Waals surface area contributed by atoms with Gasteiger partial charge in [-0.3, -0.25) is 9.79 Å². The van der Waals surface area contributed by atoms with Crippen molar-refractivity contribution in [3.63, 3.8) is 0 Å². The zero-order valence-corrected chi connectivity index (χ0v) is 19.3. The van der Waals surface area contributed by atoms with E-state index in [0.29, 0.717) is 24.1 Å². The largest absolute Gasteiger partial charge is 0.493 e. The molecule has 1 aliphatic carbocycles. The molecule has 0 N–H and O–H groups in total. The topological polar surface area (TPSA) is 86.1 Å². The van der Waals surface area contributed by atoms with E-state index in [-0.39, 0.29) is 24.0 Å². The van der Waals surface area contributed by atoms with Crippen LogP contribution in [-0.4, -0.2) is 61.6 Å². The summed E-state index contributed by atoms with van der Waals surface area (Å²) in [4.78, 5) is 27.5. The highest BCUT2D eigenvalue weighted by molar-refractivity contribution is 6.14. The molecule has 1 aromatic carbocycles. The molecular formula is C24H30N4O4. The van der Waals surface area contributed by atoms with E-state index in [4.69, 9.17) is 19.2 Å². The van der Waals surface area contributed by atoms with Crippen LogP contribution < -0.4 is 14.4 Å². The number of aliphatic imine (C=N–C) groups is 1. The average Bonchev–Trinajstić information content (AvgIpc) is 2.78. The Bertz CT molecular complexity index is 1020. The summed E-state index contributed by atoms with van der Waals surface area (Å²) < 4.78 is 17.0. The van der Waals surface area contributed by atoms with Crippen molar-refractivity contribution in [3.05, 3.63) is 41.2 Å². The molecule has 0 radical (unpaired) electrons. The molecule has 1 fully saturated rings. The van der Waals surface area contributed by atoms with E-state index in [1.807, 2.05) is 44.4 Å². The van der Waals surface area contributed by atoms with Crippen LogP contribution in [0.25, 0.3) is 0 Å². The number of aromatic nitrogens is 2. The molecule has 0 unspecified atom stereocenters. The number of carbonyl (C=O) groups excluding carboxylic acids is 1. The molecule has 32 heavy (non-hydrogen) atoms. The average molecular weight is 439 g/mol. The molecule has 2 aliphatic rings. The Morgan fingerprint density at radius 3 is 2.53 bits per heavy atom. The van der Waals surface area contributed by atoms with Crippen molar-refractivity contribution in [2.24, 2.45) is 4.99 Å². The summed E-state index contributed by atoms with van der Waals surface area (Å²) >= 11 is 0. The van der Waals surface area contributed by atoms with Crippen LogP contribution in [0.5, 0.6) is 11.5 Å². The highest BCUT2D eigenvalue weighted by atomic mass is 16.5. The van der Waals surface area contributed by atoms with Gasteiger partial charge in [-0.25, -0.2) is 9.97 Å². The maximum atomic E-state index is 11.5. The van der Waals surface area contributed by atoms with Gasteiger partial charge in [-0.2, -0.15) is 0 Å². The highest BCUT2D eigenvalue weighted by Gasteiger charge is 2.38. The van der Waals surface area contributed by atoms with Crippen molar-refractivity contribution in [3.8, 4) is 11.5 Å². The predicted molar refractivity (Wildman–Crippen MR) is 122 cm³/mol. The number of benzene rings is 1. The molecule has 1 aromatic heterocycles. The molecule has 3 atom stereocenters. The lowest BCUT2D eigenvalue weighted by Gasteiger charge is -2.38. The minimum absolute atomic E-state index is 0.0979. The van der Waals surface area contributed by atoms with Crippen molar-refractivity contribution in [2.75, 3.05) is 32.7 Å². The lowest BCUT2D eigenvalue weighted by Crippen LogP contribution is -2.36. The molecular weight excluding hydrogens is 408 g/mol. The minimum atomic E-state index is -0.239. The first kappa shape index (κ1) is 22.0. The van der Waals surface area contributed by atoms with Crippen LogP contribution in [0.3, 0.4) is 0 Å². The van der Waals surface area contributed by atoms with Gasteiger partial charge in [0.05, 0.1) is 25.5 Å². The third kappa shape index (κ3) is 4.26. The van der Waals surface area contributed by atoms with Crippen LogP contribution >= 0.6 is 0 Å². The van der Waals surface area contributed by atoms with E-state index in [0.717, 1.165) is 41.7 Å². The second-order valence-corrected chi connectivity index (χ2v) is 8.39. The summed E-state index contributed by atoms with van der Waals surface area (Å²) in [5, 5.41) is 0. The van der Waals surface area contributed by atoms with Gasteiger partial charge < -0.3 is 19.1 Å². The summed E-state index contributed by atoms with van der Waals surface area (Å²) in [5.41, 5.74) is 3.84. The van der Waals surface area contributed by atoms with Crippen LogP contribution in [-0.2, 0) is 9.53 Å². The van der Waals surface area contributed by atoms with Gasteiger partial charge in [0.1, 0.15) is 6.10 Å². The van der Waals surface area contributed by atoms with Crippen LogP contribution in [0.15, 0.2) is 29.5 Å². The molecule has 0 saturated heterocycles. The maximum absolute atomic E-state index is 11.5.